The van der Waals surface area contributed by atoms with E-state index in [0.29, 0.717) is 11.9 Å². The van der Waals surface area contributed by atoms with Gasteiger partial charge in [0.15, 0.2) is 0 Å². The molecule has 0 radical (unpaired) electrons. The Hall–Kier alpha value is -3.03. The van der Waals surface area contributed by atoms with Gasteiger partial charge in [0.05, 0.1) is 11.7 Å². The Morgan fingerprint density at radius 3 is 2.75 bits per heavy atom. The van der Waals surface area contributed by atoms with Crippen LogP contribution >= 0.6 is 0 Å². The number of carbonyl (C=O) groups excluding carboxylic acids is 1. The van der Waals surface area contributed by atoms with E-state index in [9.17, 15) is 4.79 Å². The zero-order valence-corrected chi connectivity index (χ0v) is 16.3. The molecule has 146 valence electrons. The highest BCUT2D eigenvalue weighted by Gasteiger charge is 2.20. The number of benzene rings is 1. The number of nitrogens with zero attached hydrogens (tertiary/aromatic N) is 6. The summed E-state index contributed by atoms with van der Waals surface area (Å²) >= 11 is 0. The molecule has 1 aromatic carbocycles. The Morgan fingerprint density at radius 2 is 1.96 bits per heavy atom. The largest absolute Gasteiger partial charge is 0.309 e. The van der Waals surface area contributed by atoms with E-state index < -0.39 is 0 Å². The summed E-state index contributed by atoms with van der Waals surface area (Å²) in [5.41, 5.74) is 2.91. The number of rotatable bonds is 5. The zero-order chi connectivity index (χ0) is 19.5. The molecule has 0 atom stereocenters. The molecule has 1 fully saturated rings. The number of hydrogen-bond acceptors (Lipinski definition) is 5. The third kappa shape index (κ3) is 4.11. The molecule has 4 rings (SSSR count). The molecule has 0 saturated heterocycles. The lowest BCUT2D eigenvalue weighted by atomic mass is 9.96. The first kappa shape index (κ1) is 18.3. The number of aromatic nitrogens is 6. The highest BCUT2D eigenvalue weighted by Crippen LogP contribution is 2.30. The molecule has 1 aliphatic rings. The number of nitrogens with one attached hydrogen (secondary N) is 1. The molecule has 0 aliphatic heterocycles. The summed E-state index contributed by atoms with van der Waals surface area (Å²) in [6, 6.07) is 10.2. The summed E-state index contributed by atoms with van der Waals surface area (Å²) < 4.78 is 1.97. The first-order valence-electron chi connectivity index (χ1n) is 9.79. The van der Waals surface area contributed by atoms with Crippen LogP contribution in [0.25, 0.3) is 11.4 Å². The van der Waals surface area contributed by atoms with Crippen LogP contribution in [0.15, 0.2) is 30.3 Å². The Kier molecular flexibility index (Phi) is 5.18. The molecule has 1 saturated carbocycles. The number of hydrogen-bond donors (Lipinski definition) is 1. The van der Waals surface area contributed by atoms with Gasteiger partial charge in [0.1, 0.15) is 12.4 Å². The smallest absolute Gasteiger partial charge is 0.249 e. The average molecular weight is 379 g/mol. The number of aryl methyl sites for hydroxylation is 2. The molecule has 3 aromatic rings. The standard InChI is InChI=1S/C20H25N7O/c1-14-7-6-8-16(11-14)20-22-25-26(24-20)13-19(28)21-18-12-15(2)23-27(18)17-9-4-3-5-10-17/h6-8,11-12,17H,3-5,9-10,13H2,1-2H3,(H,21,28). The summed E-state index contributed by atoms with van der Waals surface area (Å²) in [6.45, 7) is 3.97. The van der Waals surface area contributed by atoms with Gasteiger partial charge in [-0.1, -0.05) is 43.0 Å². The minimum atomic E-state index is -0.190. The van der Waals surface area contributed by atoms with E-state index in [0.717, 1.165) is 35.5 Å². The van der Waals surface area contributed by atoms with Gasteiger partial charge in [0.2, 0.25) is 11.7 Å². The molecule has 1 N–H and O–H groups in total. The van der Waals surface area contributed by atoms with E-state index in [1.165, 1.54) is 24.1 Å². The normalized spacial score (nSPS) is 14.9. The average Bonchev–Trinajstić information content (AvgIpc) is 3.29. The minimum absolute atomic E-state index is 0.00765. The monoisotopic (exact) mass is 379 g/mol. The molecular weight excluding hydrogens is 354 g/mol. The maximum Gasteiger partial charge on any atom is 0.249 e. The molecule has 2 aromatic heterocycles. The van der Waals surface area contributed by atoms with Crippen molar-refractivity contribution in [1.29, 1.82) is 0 Å². The maximum atomic E-state index is 12.5. The van der Waals surface area contributed by atoms with Crippen LogP contribution in [0.2, 0.25) is 0 Å². The minimum Gasteiger partial charge on any atom is -0.309 e. The highest BCUT2D eigenvalue weighted by atomic mass is 16.2. The SMILES string of the molecule is Cc1cccc(-c2nnn(CC(=O)Nc3cc(C)nn3C3CCCCC3)n2)c1. The second kappa shape index (κ2) is 7.92. The van der Waals surface area contributed by atoms with Gasteiger partial charge in [0, 0.05) is 11.6 Å². The third-order valence-corrected chi connectivity index (χ3v) is 5.06. The molecule has 1 aliphatic carbocycles. The van der Waals surface area contributed by atoms with Gasteiger partial charge in [-0.25, -0.2) is 4.68 Å². The number of carbonyl (C=O) groups is 1. The van der Waals surface area contributed by atoms with Crippen LogP contribution in [0.1, 0.15) is 49.4 Å². The molecule has 2 heterocycles. The van der Waals surface area contributed by atoms with Crippen molar-refractivity contribution >= 4 is 11.7 Å². The van der Waals surface area contributed by atoms with Crippen LogP contribution in [-0.4, -0.2) is 35.9 Å². The van der Waals surface area contributed by atoms with Crippen LogP contribution < -0.4 is 5.32 Å². The lowest BCUT2D eigenvalue weighted by molar-refractivity contribution is -0.117. The van der Waals surface area contributed by atoms with Crippen molar-refractivity contribution in [2.75, 3.05) is 5.32 Å². The quantitative estimate of drug-likeness (QED) is 0.734. The van der Waals surface area contributed by atoms with E-state index in [1.807, 2.05) is 48.9 Å². The predicted octanol–water partition coefficient (Wildman–Crippen LogP) is 3.30. The Bertz CT molecular complexity index is 969. The Balaban J connectivity index is 1.44. The number of tetrazole rings is 1. The molecule has 0 bridgehead atoms. The van der Waals surface area contributed by atoms with Crippen molar-refractivity contribution in [3.05, 3.63) is 41.6 Å². The van der Waals surface area contributed by atoms with Gasteiger partial charge in [-0.3, -0.25) is 4.79 Å². The second-order valence-corrected chi connectivity index (χ2v) is 7.47. The van der Waals surface area contributed by atoms with Crippen LogP contribution in [-0.2, 0) is 11.3 Å². The molecule has 0 unspecified atom stereocenters. The van der Waals surface area contributed by atoms with E-state index in [4.69, 9.17) is 0 Å². The van der Waals surface area contributed by atoms with Crippen molar-refractivity contribution in [3.63, 3.8) is 0 Å². The highest BCUT2D eigenvalue weighted by molar-refractivity contribution is 5.89. The van der Waals surface area contributed by atoms with Crippen molar-refractivity contribution in [3.8, 4) is 11.4 Å². The van der Waals surface area contributed by atoms with Crippen molar-refractivity contribution < 1.29 is 4.79 Å². The lowest BCUT2D eigenvalue weighted by Crippen LogP contribution is -2.24. The topological polar surface area (TPSA) is 90.5 Å². The van der Waals surface area contributed by atoms with Crippen molar-refractivity contribution in [2.24, 2.45) is 0 Å². The lowest BCUT2D eigenvalue weighted by Gasteiger charge is -2.23. The summed E-state index contributed by atoms with van der Waals surface area (Å²) in [5.74, 6) is 1.07. The van der Waals surface area contributed by atoms with Crippen LogP contribution in [0.3, 0.4) is 0 Å². The van der Waals surface area contributed by atoms with Gasteiger partial charge >= 0.3 is 0 Å². The summed E-state index contributed by atoms with van der Waals surface area (Å²) in [4.78, 5) is 13.9. The molecule has 8 nitrogen and oxygen atoms in total. The second-order valence-electron chi connectivity index (χ2n) is 7.47. The van der Waals surface area contributed by atoms with Gasteiger partial charge in [-0.05, 0) is 38.0 Å². The van der Waals surface area contributed by atoms with E-state index >= 15 is 0 Å². The van der Waals surface area contributed by atoms with Gasteiger partial charge < -0.3 is 5.32 Å². The number of amides is 1. The van der Waals surface area contributed by atoms with Crippen LogP contribution in [0.5, 0.6) is 0 Å². The fourth-order valence-electron chi connectivity index (χ4n) is 3.73. The summed E-state index contributed by atoms with van der Waals surface area (Å²) in [5, 5.41) is 20.0. The maximum absolute atomic E-state index is 12.5. The molecular formula is C20H25N7O. The molecule has 28 heavy (non-hydrogen) atoms. The zero-order valence-electron chi connectivity index (χ0n) is 16.3. The third-order valence-electron chi connectivity index (χ3n) is 5.06. The van der Waals surface area contributed by atoms with Gasteiger partial charge in [0.25, 0.3) is 0 Å². The van der Waals surface area contributed by atoms with E-state index in [1.54, 1.807) is 0 Å². The Labute approximate surface area is 163 Å². The van der Waals surface area contributed by atoms with Crippen molar-refractivity contribution in [1.82, 2.24) is 30.0 Å². The summed E-state index contributed by atoms with van der Waals surface area (Å²) in [7, 11) is 0. The van der Waals surface area contributed by atoms with Gasteiger partial charge in [-0.2, -0.15) is 9.90 Å². The molecule has 8 heteroatoms. The fraction of sp³-hybridized carbons (Fsp3) is 0.450. The van der Waals surface area contributed by atoms with E-state index in [-0.39, 0.29) is 12.5 Å². The number of anilines is 1. The molecule has 0 spiro atoms. The summed E-state index contributed by atoms with van der Waals surface area (Å²) in [6.07, 6.45) is 5.91. The van der Waals surface area contributed by atoms with Gasteiger partial charge in [-0.15, -0.1) is 10.2 Å². The van der Waals surface area contributed by atoms with E-state index in [2.05, 4.69) is 25.8 Å². The fourth-order valence-corrected chi connectivity index (χ4v) is 3.73. The Morgan fingerprint density at radius 1 is 1.14 bits per heavy atom. The van der Waals surface area contributed by atoms with Crippen LogP contribution in [0, 0.1) is 13.8 Å². The van der Waals surface area contributed by atoms with Crippen molar-refractivity contribution in [2.45, 2.75) is 58.5 Å². The first-order chi connectivity index (χ1) is 13.6. The molecule has 1 amide bonds. The van der Waals surface area contributed by atoms with Crippen LogP contribution in [0.4, 0.5) is 5.82 Å². The predicted molar refractivity (Wildman–Crippen MR) is 106 cm³/mol. The first-order valence-corrected chi connectivity index (χ1v) is 9.79.